The number of benzene rings is 2. The highest BCUT2D eigenvalue weighted by molar-refractivity contribution is 7.91. The minimum Gasteiger partial charge on any atom is -0.462 e. The number of hydrogen-bond acceptors (Lipinski definition) is 8. The number of amides is 2. The Labute approximate surface area is 230 Å². The lowest BCUT2D eigenvalue weighted by molar-refractivity contribution is -0.142. The van der Waals surface area contributed by atoms with Gasteiger partial charge >= 0.3 is 5.97 Å². The molecule has 10 heteroatoms. The SMILES string of the molecule is CCOC(=O)c1ccc(-c2ccc(/C=C3\C(=O)N([C@H]4CCS(=O)(=O)C4)C(=O)C(C#N)=C3c3ccccc3)o2)cc1. The summed E-state index contributed by atoms with van der Waals surface area (Å²) < 4.78 is 35.3. The number of ether oxygens (including phenoxy) is 1. The average molecular weight is 557 g/mol. The summed E-state index contributed by atoms with van der Waals surface area (Å²) in [7, 11) is -3.41. The Hall–Kier alpha value is -4.75. The van der Waals surface area contributed by atoms with E-state index in [0.717, 1.165) is 4.90 Å². The van der Waals surface area contributed by atoms with Gasteiger partial charge in [0.25, 0.3) is 11.8 Å². The number of nitrogens with zero attached hydrogens (tertiary/aromatic N) is 2. The molecule has 9 nitrogen and oxygen atoms in total. The van der Waals surface area contributed by atoms with E-state index in [9.17, 15) is 28.1 Å². The van der Waals surface area contributed by atoms with Crippen LogP contribution >= 0.6 is 0 Å². The third kappa shape index (κ3) is 5.11. The maximum absolute atomic E-state index is 13.8. The van der Waals surface area contributed by atoms with Crippen molar-refractivity contribution in [3.63, 3.8) is 0 Å². The summed E-state index contributed by atoms with van der Waals surface area (Å²) in [6, 6.07) is 19.7. The predicted octanol–water partition coefficient (Wildman–Crippen LogP) is 4.04. The molecule has 1 atom stereocenters. The van der Waals surface area contributed by atoms with Gasteiger partial charge in [0.2, 0.25) is 0 Å². The van der Waals surface area contributed by atoms with Gasteiger partial charge in [0, 0.05) is 11.1 Å². The third-order valence-electron chi connectivity index (χ3n) is 6.74. The highest BCUT2D eigenvalue weighted by Gasteiger charge is 2.45. The molecule has 1 aromatic heterocycles. The number of furan rings is 1. The first-order valence-electron chi connectivity index (χ1n) is 12.6. The fourth-order valence-corrected chi connectivity index (χ4v) is 6.56. The Morgan fingerprint density at radius 2 is 1.77 bits per heavy atom. The van der Waals surface area contributed by atoms with Crippen molar-refractivity contribution in [1.82, 2.24) is 4.90 Å². The summed E-state index contributed by atoms with van der Waals surface area (Å²) in [4.78, 5) is 40.1. The molecule has 1 saturated heterocycles. The third-order valence-corrected chi connectivity index (χ3v) is 8.49. The molecule has 202 valence electrons. The van der Waals surface area contributed by atoms with Gasteiger partial charge in [-0.2, -0.15) is 5.26 Å². The second kappa shape index (κ2) is 10.8. The van der Waals surface area contributed by atoms with Crippen molar-refractivity contribution in [2.75, 3.05) is 18.1 Å². The summed E-state index contributed by atoms with van der Waals surface area (Å²) in [5.41, 5.74) is 1.52. The van der Waals surface area contributed by atoms with Crippen molar-refractivity contribution in [2.24, 2.45) is 0 Å². The Balaban J connectivity index is 1.57. The summed E-state index contributed by atoms with van der Waals surface area (Å²) in [6.45, 7) is 1.99. The molecule has 0 unspecified atom stereocenters. The lowest BCUT2D eigenvalue weighted by Gasteiger charge is -2.32. The maximum atomic E-state index is 13.8. The number of carbonyl (C=O) groups excluding carboxylic acids is 3. The Morgan fingerprint density at radius 1 is 1.05 bits per heavy atom. The molecule has 3 aromatic rings. The molecule has 2 aliphatic rings. The van der Waals surface area contributed by atoms with Crippen LogP contribution in [0.2, 0.25) is 0 Å². The zero-order valence-electron chi connectivity index (χ0n) is 21.5. The summed E-state index contributed by atoms with van der Waals surface area (Å²) in [5.74, 6) is -1.67. The number of esters is 1. The monoisotopic (exact) mass is 556 g/mol. The lowest BCUT2D eigenvalue weighted by atomic mass is 9.87. The van der Waals surface area contributed by atoms with E-state index in [4.69, 9.17) is 9.15 Å². The number of sulfone groups is 1. The zero-order valence-corrected chi connectivity index (χ0v) is 22.3. The topological polar surface area (TPSA) is 135 Å². The van der Waals surface area contributed by atoms with Crippen molar-refractivity contribution in [3.05, 3.63) is 94.8 Å². The zero-order chi connectivity index (χ0) is 28.4. The van der Waals surface area contributed by atoms with Crippen LogP contribution in [0, 0.1) is 11.3 Å². The fourth-order valence-electron chi connectivity index (χ4n) is 4.86. The van der Waals surface area contributed by atoms with Gasteiger partial charge in [-0.3, -0.25) is 14.5 Å². The highest BCUT2D eigenvalue weighted by atomic mass is 32.2. The number of hydrogen-bond donors (Lipinski definition) is 0. The largest absolute Gasteiger partial charge is 0.462 e. The predicted molar refractivity (Wildman–Crippen MR) is 146 cm³/mol. The van der Waals surface area contributed by atoms with Gasteiger partial charge in [-0.05, 0) is 49.2 Å². The molecule has 2 aromatic carbocycles. The molecule has 0 bridgehead atoms. The van der Waals surface area contributed by atoms with Crippen LogP contribution in [0.25, 0.3) is 23.0 Å². The van der Waals surface area contributed by atoms with Crippen molar-refractivity contribution in [1.29, 1.82) is 5.26 Å². The van der Waals surface area contributed by atoms with Crippen LogP contribution < -0.4 is 0 Å². The van der Waals surface area contributed by atoms with E-state index in [0.29, 0.717) is 22.5 Å². The van der Waals surface area contributed by atoms with Gasteiger partial charge < -0.3 is 9.15 Å². The molecule has 0 aliphatic carbocycles. The lowest BCUT2D eigenvalue weighted by Crippen LogP contribution is -2.49. The van der Waals surface area contributed by atoms with Crippen molar-refractivity contribution >= 4 is 39.3 Å². The Morgan fingerprint density at radius 3 is 2.40 bits per heavy atom. The standard InChI is InChI=1S/C30H24N2O7S/c1-2-38-30(35)21-10-8-19(9-11-21)26-13-12-23(39-26)16-24-27(20-6-4-3-5-7-20)25(17-31)29(34)32(28(24)33)22-14-15-40(36,37)18-22/h3-13,16,22H,2,14-15,18H2,1H3/b24-16-/t22-/m0/s1. The van der Waals surface area contributed by atoms with E-state index in [1.54, 1.807) is 73.7 Å². The first-order chi connectivity index (χ1) is 19.2. The highest BCUT2D eigenvalue weighted by Crippen LogP contribution is 2.37. The van der Waals surface area contributed by atoms with Crippen LogP contribution in [0.15, 0.2) is 82.3 Å². The van der Waals surface area contributed by atoms with Crippen molar-refractivity contribution in [2.45, 2.75) is 19.4 Å². The van der Waals surface area contributed by atoms with Crippen LogP contribution in [0.1, 0.15) is 35.0 Å². The van der Waals surface area contributed by atoms with E-state index in [-0.39, 0.29) is 47.0 Å². The second-order valence-corrected chi connectivity index (χ2v) is 11.6. The van der Waals surface area contributed by atoms with Gasteiger partial charge in [-0.1, -0.05) is 42.5 Å². The first kappa shape index (κ1) is 26.8. The summed E-state index contributed by atoms with van der Waals surface area (Å²) in [5, 5.41) is 10.0. The van der Waals surface area contributed by atoms with Crippen LogP contribution in [0.5, 0.6) is 0 Å². The maximum Gasteiger partial charge on any atom is 0.338 e. The van der Waals surface area contributed by atoms with Crippen LogP contribution in [-0.2, 0) is 24.2 Å². The van der Waals surface area contributed by atoms with E-state index in [1.165, 1.54) is 6.08 Å². The van der Waals surface area contributed by atoms with Gasteiger partial charge in [0.15, 0.2) is 9.84 Å². The molecule has 3 heterocycles. The van der Waals surface area contributed by atoms with E-state index < -0.39 is 33.7 Å². The van der Waals surface area contributed by atoms with Crippen LogP contribution in [-0.4, -0.2) is 55.3 Å². The van der Waals surface area contributed by atoms with E-state index in [1.807, 2.05) is 6.07 Å². The molecular formula is C30H24N2O7S. The first-order valence-corrected chi connectivity index (χ1v) is 14.4. The summed E-state index contributed by atoms with van der Waals surface area (Å²) in [6.07, 6.45) is 1.57. The molecule has 0 spiro atoms. The second-order valence-electron chi connectivity index (χ2n) is 9.32. The van der Waals surface area contributed by atoms with Gasteiger partial charge in [0.05, 0.1) is 35.3 Å². The molecule has 0 saturated carbocycles. The molecule has 1 fully saturated rings. The number of carbonyl (C=O) groups is 3. The van der Waals surface area contributed by atoms with Crippen LogP contribution in [0.3, 0.4) is 0 Å². The van der Waals surface area contributed by atoms with Crippen molar-refractivity contribution in [3.8, 4) is 17.4 Å². The van der Waals surface area contributed by atoms with Gasteiger partial charge in [0.1, 0.15) is 23.2 Å². The molecule has 5 rings (SSSR count). The quantitative estimate of drug-likeness (QED) is 0.252. The van der Waals surface area contributed by atoms with Crippen molar-refractivity contribution < 1.29 is 32.0 Å². The molecular weight excluding hydrogens is 532 g/mol. The van der Waals surface area contributed by atoms with E-state index >= 15 is 0 Å². The average Bonchev–Trinajstić information content (AvgIpc) is 3.56. The Kier molecular flexibility index (Phi) is 7.24. The van der Waals surface area contributed by atoms with Gasteiger partial charge in [-0.15, -0.1) is 0 Å². The number of rotatable bonds is 6. The fraction of sp³-hybridized carbons (Fsp3) is 0.200. The minimum absolute atomic E-state index is 0.0465. The van der Waals surface area contributed by atoms with Crippen LogP contribution in [0.4, 0.5) is 0 Å². The summed E-state index contributed by atoms with van der Waals surface area (Å²) >= 11 is 0. The minimum atomic E-state index is -3.41. The number of imide groups is 1. The normalized spacial score (nSPS) is 19.6. The molecule has 0 radical (unpaired) electrons. The van der Waals surface area contributed by atoms with E-state index in [2.05, 4.69) is 0 Å². The smallest absolute Gasteiger partial charge is 0.338 e. The molecule has 40 heavy (non-hydrogen) atoms. The Bertz CT molecular complexity index is 1710. The molecule has 2 amide bonds. The van der Waals surface area contributed by atoms with Gasteiger partial charge in [-0.25, -0.2) is 13.2 Å². The molecule has 2 aliphatic heterocycles. The molecule has 0 N–H and O–H groups in total. The number of nitriles is 1.